The van der Waals surface area contributed by atoms with E-state index >= 15 is 0 Å². The first-order chi connectivity index (χ1) is 26.4. The Balaban J connectivity index is 4.03. The Kier molecular flexibility index (Phi) is 41.3. The summed E-state index contributed by atoms with van der Waals surface area (Å²) in [6, 6.07) is 0. The Morgan fingerprint density at radius 1 is 0.352 bits per heavy atom. The average molecular weight is 765 g/mol. The molecule has 0 spiro atoms. The maximum Gasteiger partial charge on any atom is 0.306 e. The van der Waals surface area contributed by atoms with Gasteiger partial charge in [-0.1, -0.05) is 227 Å². The normalized spacial score (nSPS) is 11.9. The maximum atomic E-state index is 12.6. The molecule has 6 heteroatoms. The molecule has 0 aromatic carbocycles. The minimum atomic E-state index is -0.757. The first kappa shape index (κ1) is 52.4. The van der Waals surface area contributed by atoms with Gasteiger partial charge in [-0.15, -0.1) is 0 Å². The van der Waals surface area contributed by atoms with Crippen molar-refractivity contribution in [3.05, 3.63) is 0 Å². The lowest BCUT2D eigenvalue weighted by molar-refractivity contribution is -0.167. The van der Waals surface area contributed by atoms with Gasteiger partial charge in [0.05, 0.1) is 0 Å². The molecule has 0 saturated heterocycles. The van der Waals surface area contributed by atoms with Gasteiger partial charge in [-0.3, -0.25) is 14.4 Å². The summed E-state index contributed by atoms with van der Waals surface area (Å²) in [5.74, 6) is -0.00820. The van der Waals surface area contributed by atoms with Crippen molar-refractivity contribution in [1.82, 2.24) is 0 Å². The van der Waals surface area contributed by atoms with Crippen molar-refractivity contribution in [3.8, 4) is 0 Å². The molecule has 0 bridgehead atoms. The van der Waals surface area contributed by atoms with Crippen LogP contribution in [-0.2, 0) is 28.6 Å². The fourth-order valence-electron chi connectivity index (χ4n) is 7.16. The molecule has 0 radical (unpaired) electrons. The lowest BCUT2D eigenvalue weighted by Crippen LogP contribution is -2.30. The van der Waals surface area contributed by atoms with Crippen molar-refractivity contribution in [2.24, 2.45) is 5.92 Å². The van der Waals surface area contributed by atoms with Gasteiger partial charge in [-0.2, -0.15) is 0 Å². The monoisotopic (exact) mass is 765 g/mol. The molecular weight excluding hydrogens is 673 g/mol. The summed E-state index contributed by atoms with van der Waals surface area (Å²) in [5, 5.41) is 0. The third kappa shape index (κ3) is 41.6. The van der Waals surface area contributed by atoms with Gasteiger partial charge in [0.1, 0.15) is 13.2 Å². The molecule has 0 rings (SSSR count). The van der Waals surface area contributed by atoms with Gasteiger partial charge in [-0.25, -0.2) is 0 Å². The number of hydrogen-bond acceptors (Lipinski definition) is 6. The van der Waals surface area contributed by atoms with E-state index in [2.05, 4.69) is 27.7 Å². The van der Waals surface area contributed by atoms with E-state index in [-0.39, 0.29) is 31.1 Å². The summed E-state index contributed by atoms with van der Waals surface area (Å²) in [4.78, 5) is 37.4. The number of carbonyl (C=O) groups is 3. The molecule has 0 fully saturated rings. The van der Waals surface area contributed by atoms with Crippen LogP contribution in [0.5, 0.6) is 0 Å². The lowest BCUT2D eigenvalue weighted by atomic mass is 10.0. The van der Waals surface area contributed by atoms with E-state index < -0.39 is 6.10 Å². The summed E-state index contributed by atoms with van der Waals surface area (Å²) in [6.45, 7) is 8.94. The Morgan fingerprint density at radius 2 is 0.611 bits per heavy atom. The van der Waals surface area contributed by atoms with Crippen molar-refractivity contribution in [1.29, 1.82) is 0 Å². The minimum absolute atomic E-state index is 0.0644. The Hall–Kier alpha value is -1.59. The first-order valence-corrected chi connectivity index (χ1v) is 23.9. The molecule has 0 aromatic heterocycles. The van der Waals surface area contributed by atoms with Crippen LogP contribution in [0.4, 0.5) is 0 Å². The van der Waals surface area contributed by atoms with Gasteiger partial charge >= 0.3 is 17.9 Å². The fourth-order valence-corrected chi connectivity index (χ4v) is 7.16. The molecule has 1 atom stereocenters. The number of carbonyl (C=O) groups excluding carboxylic acids is 3. The van der Waals surface area contributed by atoms with E-state index in [1.165, 1.54) is 154 Å². The quantitative estimate of drug-likeness (QED) is 0.0349. The van der Waals surface area contributed by atoms with Gasteiger partial charge in [-0.05, 0) is 25.2 Å². The molecule has 320 valence electrons. The van der Waals surface area contributed by atoms with E-state index in [1.54, 1.807) is 0 Å². The van der Waals surface area contributed by atoms with Crippen LogP contribution in [0.25, 0.3) is 0 Å². The zero-order valence-corrected chi connectivity index (χ0v) is 36.7. The third-order valence-corrected chi connectivity index (χ3v) is 10.8. The predicted octanol–water partition coefficient (Wildman–Crippen LogP) is 15.1. The molecular formula is C48H92O6. The predicted molar refractivity (Wildman–Crippen MR) is 229 cm³/mol. The Morgan fingerprint density at radius 3 is 0.907 bits per heavy atom. The zero-order chi connectivity index (χ0) is 39.6. The van der Waals surface area contributed by atoms with Gasteiger partial charge in [0.15, 0.2) is 6.10 Å². The zero-order valence-electron chi connectivity index (χ0n) is 36.7. The number of hydrogen-bond donors (Lipinski definition) is 0. The minimum Gasteiger partial charge on any atom is -0.462 e. The highest BCUT2D eigenvalue weighted by molar-refractivity contribution is 5.71. The molecule has 6 nitrogen and oxygen atoms in total. The number of unbranched alkanes of at least 4 members (excludes halogenated alkanes) is 30. The molecule has 54 heavy (non-hydrogen) atoms. The Bertz CT molecular complexity index is 811. The molecule has 0 heterocycles. The summed E-state index contributed by atoms with van der Waals surface area (Å²) in [5.41, 5.74) is 0. The van der Waals surface area contributed by atoms with Crippen molar-refractivity contribution in [3.63, 3.8) is 0 Å². The van der Waals surface area contributed by atoms with Gasteiger partial charge in [0.25, 0.3) is 0 Å². The van der Waals surface area contributed by atoms with Crippen molar-refractivity contribution in [2.45, 2.75) is 271 Å². The van der Waals surface area contributed by atoms with Crippen molar-refractivity contribution < 1.29 is 28.6 Å². The van der Waals surface area contributed by atoms with E-state index in [0.29, 0.717) is 19.3 Å². The van der Waals surface area contributed by atoms with Crippen LogP contribution in [0.1, 0.15) is 265 Å². The van der Waals surface area contributed by atoms with Crippen LogP contribution in [-0.4, -0.2) is 37.2 Å². The largest absolute Gasteiger partial charge is 0.462 e. The van der Waals surface area contributed by atoms with E-state index in [1.807, 2.05) is 0 Å². The van der Waals surface area contributed by atoms with Crippen molar-refractivity contribution in [2.75, 3.05) is 13.2 Å². The van der Waals surface area contributed by atoms with Crippen LogP contribution in [0.15, 0.2) is 0 Å². The van der Waals surface area contributed by atoms with Crippen LogP contribution in [0, 0.1) is 5.92 Å². The molecule has 0 aliphatic carbocycles. The van der Waals surface area contributed by atoms with Gasteiger partial charge < -0.3 is 14.2 Å². The van der Waals surface area contributed by atoms with Crippen LogP contribution in [0.3, 0.4) is 0 Å². The van der Waals surface area contributed by atoms with Crippen LogP contribution in [0.2, 0.25) is 0 Å². The first-order valence-electron chi connectivity index (χ1n) is 23.9. The summed E-state index contributed by atoms with van der Waals surface area (Å²) in [6.07, 6.45) is 42.7. The molecule has 0 amide bonds. The summed E-state index contributed by atoms with van der Waals surface area (Å²) in [7, 11) is 0. The third-order valence-electron chi connectivity index (χ3n) is 10.8. The second-order valence-electron chi connectivity index (χ2n) is 16.9. The topological polar surface area (TPSA) is 78.9 Å². The maximum absolute atomic E-state index is 12.6. The van der Waals surface area contributed by atoms with Crippen molar-refractivity contribution >= 4 is 17.9 Å². The standard InChI is InChI=1S/C48H92O6/c1-5-7-9-11-12-13-25-29-33-37-41-48(51)54-45(42-52-46(49)39-35-30-10-8-6-2)43-53-47(50)40-36-32-28-26-23-21-19-17-15-14-16-18-20-22-24-27-31-34-38-44(3)4/h44-45H,5-43H2,1-4H3/t45-/m1/s1. The second kappa shape index (κ2) is 42.6. The average Bonchev–Trinajstić information content (AvgIpc) is 3.15. The molecule has 0 aromatic rings. The van der Waals surface area contributed by atoms with E-state index in [9.17, 15) is 14.4 Å². The molecule has 0 aliphatic heterocycles. The Labute approximate surface area is 336 Å². The molecule has 0 aliphatic rings. The highest BCUT2D eigenvalue weighted by Gasteiger charge is 2.19. The van der Waals surface area contributed by atoms with Gasteiger partial charge in [0, 0.05) is 19.3 Å². The number of rotatable bonds is 43. The highest BCUT2D eigenvalue weighted by Crippen LogP contribution is 2.17. The number of ether oxygens (including phenoxy) is 3. The smallest absolute Gasteiger partial charge is 0.306 e. The molecule has 0 saturated carbocycles. The van der Waals surface area contributed by atoms with Gasteiger partial charge in [0.2, 0.25) is 0 Å². The SMILES string of the molecule is CCCCCCCCCCCCC(=O)O[C@H](COC(=O)CCCCCCC)COC(=O)CCCCCCCCCCCCCCCCCCCCC(C)C. The summed E-state index contributed by atoms with van der Waals surface area (Å²) < 4.78 is 16.6. The van der Waals surface area contributed by atoms with Crippen LogP contribution >= 0.6 is 0 Å². The van der Waals surface area contributed by atoms with Crippen LogP contribution < -0.4 is 0 Å². The van der Waals surface area contributed by atoms with E-state index in [0.717, 1.165) is 70.1 Å². The molecule has 0 unspecified atom stereocenters. The fraction of sp³-hybridized carbons (Fsp3) is 0.938. The number of esters is 3. The summed E-state index contributed by atoms with van der Waals surface area (Å²) >= 11 is 0. The van der Waals surface area contributed by atoms with E-state index in [4.69, 9.17) is 14.2 Å². The molecule has 0 N–H and O–H groups in total. The second-order valence-corrected chi connectivity index (χ2v) is 16.9. The lowest BCUT2D eigenvalue weighted by Gasteiger charge is -2.18. The highest BCUT2D eigenvalue weighted by atomic mass is 16.6.